The fourth-order valence-corrected chi connectivity index (χ4v) is 2.33. The van der Waals surface area contributed by atoms with Crippen LogP contribution in [-0.4, -0.2) is 25.6 Å². The molecule has 2 N–H and O–H groups in total. The van der Waals surface area contributed by atoms with Crippen molar-refractivity contribution in [2.24, 2.45) is 5.73 Å². The zero-order chi connectivity index (χ0) is 21.2. The van der Waals surface area contributed by atoms with E-state index in [9.17, 15) is 9.59 Å². The van der Waals surface area contributed by atoms with E-state index in [-0.39, 0.29) is 17.1 Å². The first kappa shape index (κ1) is 21.3. The van der Waals surface area contributed by atoms with Gasteiger partial charge in [-0.25, -0.2) is 4.79 Å². The van der Waals surface area contributed by atoms with Gasteiger partial charge in [-0.2, -0.15) is 5.26 Å². The van der Waals surface area contributed by atoms with Crippen molar-refractivity contribution in [1.29, 1.82) is 5.26 Å². The molecular formula is C22H20N2O5. The van der Waals surface area contributed by atoms with Crippen LogP contribution >= 0.6 is 0 Å². The summed E-state index contributed by atoms with van der Waals surface area (Å²) in [6, 6.07) is 13.6. The first-order valence-corrected chi connectivity index (χ1v) is 8.69. The summed E-state index contributed by atoms with van der Waals surface area (Å²) >= 11 is 0. The van der Waals surface area contributed by atoms with E-state index >= 15 is 0 Å². The summed E-state index contributed by atoms with van der Waals surface area (Å²) in [6.45, 7) is 2.49. The minimum Gasteiger partial charge on any atom is -0.494 e. The van der Waals surface area contributed by atoms with Gasteiger partial charge in [0.05, 0.1) is 13.7 Å². The maximum Gasteiger partial charge on any atom is 0.336 e. The molecule has 0 heterocycles. The number of esters is 1. The molecule has 0 aromatic heterocycles. The maximum atomic E-state index is 12.1. The number of nitrogens with zero attached hydrogens (tertiary/aromatic N) is 1. The van der Waals surface area contributed by atoms with Crippen LogP contribution in [0.2, 0.25) is 0 Å². The molecule has 2 aromatic carbocycles. The van der Waals surface area contributed by atoms with Gasteiger partial charge in [0.2, 0.25) is 0 Å². The molecule has 0 saturated heterocycles. The van der Waals surface area contributed by atoms with Gasteiger partial charge in [-0.1, -0.05) is 18.2 Å². The van der Waals surface area contributed by atoms with E-state index in [1.165, 1.54) is 31.4 Å². The number of benzene rings is 2. The molecule has 0 fully saturated rings. The van der Waals surface area contributed by atoms with Crippen molar-refractivity contribution < 1.29 is 23.8 Å². The molecule has 0 spiro atoms. The van der Waals surface area contributed by atoms with Crippen LogP contribution in [0.25, 0.3) is 12.2 Å². The van der Waals surface area contributed by atoms with Crippen LogP contribution in [0.4, 0.5) is 0 Å². The molecule has 0 radical (unpaired) electrons. The minimum absolute atomic E-state index is 0.198. The van der Waals surface area contributed by atoms with Crippen molar-refractivity contribution in [2.75, 3.05) is 13.7 Å². The molecule has 0 aliphatic carbocycles. The summed E-state index contributed by atoms with van der Waals surface area (Å²) in [6.07, 6.45) is 4.24. The summed E-state index contributed by atoms with van der Waals surface area (Å²) < 4.78 is 15.9. The number of primary amides is 1. The van der Waals surface area contributed by atoms with Crippen LogP contribution in [-0.2, 0) is 9.59 Å². The Bertz CT molecular complexity index is 985. The van der Waals surface area contributed by atoms with Gasteiger partial charge in [0.25, 0.3) is 5.91 Å². The normalized spacial score (nSPS) is 11.0. The molecule has 7 nitrogen and oxygen atoms in total. The Morgan fingerprint density at radius 2 is 1.79 bits per heavy atom. The number of methoxy groups -OCH3 is 1. The van der Waals surface area contributed by atoms with Crippen LogP contribution in [0, 0.1) is 11.3 Å². The number of ether oxygens (including phenoxy) is 3. The number of hydrogen-bond acceptors (Lipinski definition) is 6. The molecule has 0 aliphatic heterocycles. The lowest BCUT2D eigenvalue weighted by Crippen LogP contribution is -2.12. The molecule has 148 valence electrons. The summed E-state index contributed by atoms with van der Waals surface area (Å²) in [5.41, 5.74) is 6.24. The van der Waals surface area contributed by atoms with E-state index in [0.717, 1.165) is 11.3 Å². The van der Waals surface area contributed by atoms with Crippen molar-refractivity contribution in [3.63, 3.8) is 0 Å². The first-order valence-electron chi connectivity index (χ1n) is 8.69. The quantitative estimate of drug-likeness (QED) is 0.320. The number of nitrogens with two attached hydrogens (primary N) is 1. The molecule has 0 saturated carbocycles. The smallest absolute Gasteiger partial charge is 0.336 e. The fourth-order valence-electron chi connectivity index (χ4n) is 2.33. The Morgan fingerprint density at radius 1 is 1.10 bits per heavy atom. The standard InChI is InChI=1S/C22H20N2O5/c1-3-28-18-8-4-15(5-9-18)7-11-21(25)29-19-10-6-16(13-20(19)27-2)12-17(14-23)22(24)26/h4-13H,3H2,1-2H3,(H2,24,26)/b11-7+,17-12+. The molecule has 2 aromatic rings. The van der Waals surface area contributed by atoms with E-state index < -0.39 is 11.9 Å². The number of carbonyl (C=O) groups is 2. The molecule has 0 aliphatic rings. The third-order valence-electron chi connectivity index (χ3n) is 3.70. The average molecular weight is 392 g/mol. The Kier molecular flexibility index (Phi) is 7.57. The van der Waals surface area contributed by atoms with E-state index in [0.29, 0.717) is 12.2 Å². The number of hydrogen-bond donors (Lipinski definition) is 1. The average Bonchev–Trinajstić information content (AvgIpc) is 2.72. The van der Waals surface area contributed by atoms with Crippen molar-refractivity contribution in [1.82, 2.24) is 0 Å². The molecule has 0 bridgehead atoms. The first-order chi connectivity index (χ1) is 14.0. The van der Waals surface area contributed by atoms with Gasteiger partial charge in [-0.05, 0) is 54.5 Å². The van der Waals surface area contributed by atoms with Crippen LogP contribution in [0.1, 0.15) is 18.1 Å². The highest BCUT2D eigenvalue weighted by Gasteiger charge is 2.10. The molecule has 7 heteroatoms. The lowest BCUT2D eigenvalue weighted by molar-refractivity contribution is -0.129. The van der Waals surface area contributed by atoms with Crippen LogP contribution < -0.4 is 19.9 Å². The summed E-state index contributed by atoms with van der Waals surface area (Å²) in [5.74, 6) is -0.203. The highest BCUT2D eigenvalue weighted by Crippen LogP contribution is 2.29. The van der Waals surface area contributed by atoms with Gasteiger partial charge in [0, 0.05) is 6.08 Å². The predicted molar refractivity (Wildman–Crippen MR) is 108 cm³/mol. The Morgan fingerprint density at radius 3 is 2.38 bits per heavy atom. The van der Waals surface area contributed by atoms with Crippen LogP contribution in [0.3, 0.4) is 0 Å². The Labute approximate surface area is 168 Å². The summed E-state index contributed by atoms with van der Waals surface area (Å²) in [7, 11) is 1.41. The van der Waals surface area contributed by atoms with E-state index in [1.54, 1.807) is 18.2 Å². The van der Waals surface area contributed by atoms with Crippen molar-refractivity contribution in [3.05, 3.63) is 65.2 Å². The zero-order valence-corrected chi connectivity index (χ0v) is 16.0. The molecular weight excluding hydrogens is 372 g/mol. The molecule has 0 unspecified atom stereocenters. The highest BCUT2D eigenvalue weighted by atomic mass is 16.6. The minimum atomic E-state index is -0.832. The number of nitriles is 1. The van der Waals surface area contributed by atoms with Gasteiger partial charge in [0.1, 0.15) is 17.4 Å². The van der Waals surface area contributed by atoms with E-state index in [2.05, 4.69) is 0 Å². The highest BCUT2D eigenvalue weighted by molar-refractivity contribution is 6.00. The molecule has 1 amide bonds. The lowest BCUT2D eigenvalue weighted by atomic mass is 10.1. The van der Waals surface area contributed by atoms with Crippen molar-refractivity contribution in [2.45, 2.75) is 6.92 Å². The second-order valence-corrected chi connectivity index (χ2v) is 5.70. The third-order valence-corrected chi connectivity index (χ3v) is 3.70. The second kappa shape index (κ2) is 10.3. The molecule has 2 rings (SSSR count). The maximum absolute atomic E-state index is 12.1. The van der Waals surface area contributed by atoms with Gasteiger partial charge < -0.3 is 19.9 Å². The second-order valence-electron chi connectivity index (χ2n) is 5.70. The van der Waals surface area contributed by atoms with Crippen molar-refractivity contribution >= 4 is 24.0 Å². The Hall–Kier alpha value is -4.05. The monoisotopic (exact) mass is 392 g/mol. The number of amides is 1. The third kappa shape index (κ3) is 6.26. The van der Waals surface area contributed by atoms with Crippen molar-refractivity contribution in [3.8, 4) is 23.3 Å². The van der Waals surface area contributed by atoms with E-state index in [4.69, 9.17) is 25.2 Å². The topological polar surface area (TPSA) is 112 Å². The van der Waals surface area contributed by atoms with Crippen LogP contribution in [0.15, 0.2) is 54.1 Å². The summed E-state index contributed by atoms with van der Waals surface area (Å²) in [5, 5.41) is 8.92. The van der Waals surface area contributed by atoms with Crippen LogP contribution in [0.5, 0.6) is 17.2 Å². The summed E-state index contributed by atoms with van der Waals surface area (Å²) in [4.78, 5) is 23.3. The van der Waals surface area contributed by atoms with Gasteiger partial charge in [0.15, 0.2) is 11.5 Å². The van der Waals surface area contributed by atoms with Gasteiger partial charge in [-0.15, -0.1) is 0 Å². The largest absolute Gasteiger partial charge is 0.494 e. The SMILES string of the molecule is CCOc1ccc(/C=C/C(=O)Oc2ccc(/C=C(\C#N)C(N)=O)cc2OC)cc1. The zero-order valence-electron chi connectivity index (χ0n) is 16.0. The lowest BCUT2D eigenvalue weighted by Gasteiger charge is -2.09. The van der Waals surface area contributed by atoms with Gasteiger partial charge in [-0.3, -0.25) is 4.79 Å². The van der Waals surface area contributed by atoms with E-state index in [1.807, 2.05) is 31.2 Å². The Balaban J connectivity index is 2.11. The predicted octanol–water partition coefficient (Wildman–Crippen LogP) is 3.10. The number of carbonyl (C=O) groups excluding carboxylic acids is 2. The fraction of sp³-hybridized carbons (Fsp3) is 0.136. The molecule has 29 heavy (non-hydrogen) atoms. The van der Waals surface area contributed by atoms with Gasteiger partial charge >= 0.3 is 5.97 Å². The number of rotatable bonds is 8. The molecule has 0 atom stereocenters.